The number of aryl methyl sites for hydroxylation is 1. The van der Waals surface area contributed by atoms with Gasteiger partial charge in [0.15, 0.2) is 0 Å². The standard InChI is InChI=1S/C29H28FN3O2/c1-4-18(2)26(28(34)31-20-15-13-19(30)14-16-20)33-27(22-10-5-6-11-23(22)29(33)35)24-17-32(3)25-12-8-7-9-21(24)25/h5-18,26-27H,4H2,1-3H3,(H,31,34). The second-order valence-corrected chi connectivity index (χ2v) is 9.24. The second-order valence-electron chi connectivity index (χ2n) is 9.24. The first-order valence-corrected chi connectivity index (χ1v) is 11.9. The van der Waals surface area contributed by atoms with Gasteiger partial charge in [0, 0.05) is 41.0 Å². The Morgan fingerprint density at radius 2 is 1.69 bits per heavy atom. The van der Waals surface area contributed by atoms with Crippen LogP contribution in [0.15, 0.2) is 79.0 Å². The molecule has 6 heteroatoms. The summed E-state index contributed by atoms with van der Waals surface area (Å²) in [5.41, 5.74) is 4.07. The molecule has 0 fully saturated rings. The Kier molecular flexibility index (Phi) is 5.89. The van der Waals surface area contributed by atoms with Crippen LogP contribution in [0.4, 0.5) is 10.1 Å². The van der Waals surface area contributed by atoms with Crippen LogP contribution in [0.3, 0.4) is 0 Å². The third kappa shape index (κ3) is 3.89. The fourth-order valence-corrected chi connectivity index (χ4v) is 5.16. The summed E-state index contributed by atoms with van der Waals surface area (Å²) in [6, 6.07) is 20.3. The molecule has 4 aromatic rings. The molecule has 35 heavy (non-hydrogen) atoms. The number of hydrogen-bond donors (Lipinski definition) is 1. The van der Waals surface area contributed by atoms with E-state index in [1.165, 1.54) is 24.3 Å². The van der Waals surface area contributed by atoms with E-state index in [9.17, 15) is 14.0 Å². The van der Waals surface area contributed by atoms with Crippen molar-refractivity contribution in [2.45, 2.75) is 32.4 Å². The highest BCUT2D eigenvalue weighted by molar-refractivity contribution is 6.05. The van der Waals surface area contributed by atoms with Crippen LogP contribution in [-0.4, -0.2) is 27.3 Å². The maximum atomic E-state index is 13.9. The number of fused-ring (bicyclic) bond motifs is 2. The van der Waals surface area contributed by atoms with Gasteiger partial charge in [-0.3, -0.25) is 9.59 Å². The summed E-state index contributed by atoms with van der Waals surface area (Å²) < 4.78 is 15.5. The number of carbonyl (C=O) groups is 2. The van der Waals surface area contributed by atoms with Crippen molar-refractivity contribution in [1.29, 1.82) is 0 Å². The van der Waals surface area contributed by atoms with Crippen LogP contribution in [0, 0.1) is 11.7 Å². The molecule has 0 radical (unpaired) electrons. The molecule has 3 atom stereocenters. The molecule has 2 amide bonds. The first-order chi connectivity index (χ1) is 16.9. The number of rotatable bonds is 6. The van der Waals surface area contributed by atoms with E-state index in [2.05, 4.69) is 28.2 Å². The molecule has 5 nitrogen and oxygen atoms in total. The van der Waals surface area contributed by atoms with Gasteiger partial charge < -0.3 is 14.8 Å². The lowest BCUT2D eigenvalue weighted by molar-refractivity contribution is -0.122. The van der Waals surface area contributed by atoms with Crippen molar-refractivity contribution in [2.24, 2.45) is 13.0 Å². The zero-order valence-corrected chi connectivity index (χ0v) is 20.0. The van der Waals surface area contributed by atoms with Gasteiger partial charge in [-0.05, 0) is 47.9 Å². The fraction of sp³-hybridized carbons (Fsp3) is 0.241. The maximum absolute atomic E-state index is 13.9. The first-order valence-electron chi connectivity index (χ1n) is 11.9. The van der Waals surface area contributed by atoms with Crippen LogP contribution in [-0.2, 0) is 11.8 Å². The van der Waals surface area contributed by atoms with Gasteiger partial charge in [0.25, 0.3) is 5.91 Å². The van der Waals surface area contributed by atoms with Crippen molar-refractivity contribution in [2.75, 3.05) is 5.32 Å². The summed E-state index contributed by atoms with van der Waals surface area (Å²) in [4.78, 5) is 29.3. The number of nitrogens with one attached hydrogen (secondary N) is 1. The van der Waals surface area contributed by atoms with Crippen LogP contribution >= 0.6 is 0 Å². The first kappa shape index (κ1) is 22.8. The fourth-order valence-electron chi connectivity index (χ4n) is 5.16. The Morgan fingerprint density at radius 1 is 1.00 bits per heavy atom. The number of benzene rings is 3. The van der Waals surface area contributed by atoms with Gasteiger partial charge in [-0.15, -0.1) is 0 Å². The summed E-state index contributed by atoms with van der Waals surface area (Å²) in [7, 11) is 1.99. The number of amides is 2. The van der Waals surface area contributed by atoms with Crippen molar-refractivity contribution < 1.29 is 14.0 Å². The normalized spacial score (nSPS) is 16.9. The molecule has 0 aliphatic carbocycles. The van der Waals surface area contributed by atoms with E-state index in [4.69, 9.17) is 0 Å². The summed E-state index contributed by atoms with van der Waals surface area (Å²) in [6.45, 7) is 4.01. The molecule has 5 rings (SSSR count). The Labute approximate surface area is 204 Å². The molecule has 0 bridgehead atoms. The third-order valence-electron chi connectivity index (χ3n) is 7.08. The number of hydrogen-bond acceptors (Lipinski definition) is 2. The third-order valence-corrected chi connectivity index (χ3v) is 7.08. The second kappa shape index (κ2) is 9.02. The molecule has 1 aromatic heterocycles. The lowest BCUT2D eigenvalue weighted by Crippen LogP contribution is -2.49. The topological polar surface area (TPSA) is 54.3 Å². The van der Waals surface area contributed by atoms with Gasteiger partial charge in [-0.2, -0.15) is 0 Å². The van der Waals surface area contributed by atoms with Gasteiger partial charge in [-0.25, -0.2) is 4.39 Å². The molecule has 1 aliphatic heterocycles. The van der Waals surface area contributed by atoms with E-state index in [0.717, 1.165) is 22.0 Å². The summed E-state index contributed by atoms with van der Waals surface area (Å²) in [5.74, 6) is -0.913. The smallest absolute Gasteiger partial charge is 0.255 e. The molecular weight excluding hydrogens is 441 g/mol. The van der Waals surface area contributed by atoms with E-state index in [1.54, 1.807) is 4.90 Å². The lowest BCUT2D eigenvalue weighted by atomic mass is 9.92. The molecule has 3 unspecified atom stereocenters. The number of halogens is 1. The van der Waals surface area contributed by atoms with E-state index in [0.29, 0.717) is 17.7 Å². The number of nitrogens with zero attached hydrogens (tertiary/aromatic N) is 2. The highest BCUT2D eigenvalue weighted by Gasteiger charge is 2.46. The van der Waals surface area contributed by atoms with Gasteiger partial charge in [-0.1, -0.05) is 56.7 Å². The minimum Gasteiger partial charge on any atom is -0.350 e. The van der Waals surface area contributed by atoms with Crippen LogP contribution in [0.5, 0.6) is 0 Å². The Hall–Kier alpha value is -3.93. The number of para-hydroxylation sites is 1. The zero-order valence-electron chi connectivity index (χ0n) is 20.0. The van der Waals surface area contributed by atoms with Crippen LogP contribution < -0.4 is 5.32 Å². The summed E-state index contributed by atoms with van der Waals surface area (Å²) in [6.07, 6.45) is 2.77. The minimum absolute atomic E-state index is 0.105. The minimum atomic E-state index is -0.714. The molecular formula is C29H28FN3O2. The Balaban J connectivity index is 1.64. The van der Waals surface area contributed by atoms with Crippen molar-refractivity contribution in [3.05, 3.63) is 102 Å². The predicted molar refractivity (Wildman–Crippen MR) is 136 cm³/mol. The van der Waals surface area contributed by atoms with E-state index >= 15 is 0 Å². The van der Waals surface area contributed by atoms with Gasteiger partial charge in [0.1, 0.15) is 11.9 Å². The molecule has 1 aliphatic rings. The number of aromatic nitrogens is 1. The molecule has 1 N–H and O–H groups in total. The molecule has 3 aromatic carbocycles. The van der Waals surface area contributed by atoms with E-state index in [-0.39, 0.29) is 23.5 Å². The molecule has 2 heterocycles. The molecule has 0 saturated heterocycles. The van der Waals surface area contributed by atoms with E-state index in [1.807, 2.05) is 57.3 Å². The average molecular weight is 470 g/mol. The average Bonchev–Trinajstić information content (AvgIpc) is 3.35. The molecule has 0 saturated carbocycles. The van der Waals surface area contributed by atoms with Gasteiger partial charge in [0.05, 0.1) is 6.04 Å². The van der Waals surface area contributed by atoms with Crippen molar-refractivity contribution in [3.63, 3.8) is 0 Å². The van der Waals surface area contributed by atoms with Crippen molar-refractivity contribution >= 4 is 28.4 Å². The molecule has 0 spiro atoms. The Bertz CT molecular complexity index is 1410. The SMILES string of the molecule is CCC(C)C(C(=O)Nc1ccc(F)cc1)N1C(=O)c2ccccc2C1c1cn(C)c2ccccc12. The highest BCUT2D eigenvalue weighted by atomic mass is 19.1. The largest absolute Gasteiger partial charge is 0.350 e. The number of anilines is 1. The van der Waals surface area contributed by atoms with Crippen LogP contribution in [0.1, 0.15) is 47.8 Å². The Morgan fingerprint density at radius 3 is 2.43 bits per heavy atom. The van der Waals surface area contributed by atoms with Crippen LogP contribution in [0.25, 0.3) is 10.9 Å². The quantitative estimate of drug-likeness (QED) is 0.381. The van der Waals surface area contributed by atoms with Gasteiger partial charge in [0.2, 0.25) is 5.91 Å². The number of carbonyl (C=O) groups excluding carboxylic acids is 2. The summed E-state index contributed by atoms with van der Waals surface area (Å²) >= 11 is 0. The monoisotopic (exact) mass is 469 g/mol. The predicted octanol–water partition coefficient (Wildman–Crippen LogP) is 5.92. The van der Waals surface area contributed by atoms with Gasteiger partial charge >= 0.3 is 0 Å². The van der Waals surface area contributed by atoms with E-state index < -0.39 is 12.1 Å². The van der Waals surface area contributed by atoms with Crippen LogP contribution in [0.2, 0.25) is 0 Å². The molecule has 178 valence electrons. The lowest BCUT2D eigenvalue weighted by Gasteiger charge is -2.36. The van der Waals surface area contributed by atoms with Crippen molar-refractivity contribution in [3.8, 4) is 0 Å². The zero-order chi connectivity index (χ0) is 24.7. The summed E-state index contributed by atoms with van der Waals surface area (Å²) in [5, 5.41) is 3.97. The highest BCUT2D eigenvalue weighted by Crippen LogP contribution is 2.44. The maximum Gasteiger partial charge on any atom is 0.255 e. The van der Waals surface area contributed by atoms with Crippen molar-refractivity contribution in [1.82, 2.24) is 9.47 Å².